The molecule has 0 spiro atoms. The molecule has 0 amide bonds. The summed E-state index contributed by atoms with van der Waals surface area (Å²) < 4.78 is 6.79. The number of nitrogens with two attached hydrogens (primary N) is 1. The molecule has 1 heterocycles. The van der Waals surface area contributed by atoms with Crippen molar-refractivity contribution in [3.8, 4) is 0 Å². The molecule has 1 rings (SSSR count). The van der Waals surface area contributed by atoms with Crippen molar-refractivity contribution < 1.29 is 4.74 Å². The van der Waals surface area contributed by atoms with Crippen molar-refractivity contribution in [2.45, 2.75) is 13.0 Å². The molecule has 0 unspecified atom stereocenters. The van der Waals surface area contributed by atoms with E-state index in [9.17, 15) is 0 Å². The fourth-order valence-corrected chi connectivity index (χ4v) is 1.38. The molecular formula is C8H14ClN3O. The number of hydrogen-bond acceptors (Lipinski definition) is 3. The lowest BCUT2D eigenvalue weighted by atomic mass is 10.3. The minimum Gasteiger partial charge on any atom is -0.383 e. The van der Waals surface area contributed by atoms with Crippen LogP contribution in [0.1, 0.15) is 5.69 Å². The van der Waals surface area contributed by atoms with E-state index in [4.69, 9.17) is 22.1 Å². The molecule has 74 valence electrons. The van der Waals surface area contributed by atoms with Gasteiger partial charge in [-0.05, 0) is 6.54 Å². The average molecular weight is 204 g/mol. The van der Waals surface area contributed by atoms with Gasteiger partial charge in [0.2, 0.25) is 0 Å². The molecule has 0 saturated carbocycles. The molecule has 2 N–H and O–H groups in total. The quantitative estimate of drug-likeness (QED) is 0.766. The van der Waals surface area contributed by atoms with E-state index in [1.54, 1.807) is 13.3 Å². The SMILES string of the molecule is COCCn1ncc(Cl)c1CCN. The predicted molar refractivity (Wildman–Crippen MR) is 51.9 cm³/mol. The van der Waals surface area contributed by atoms with E-state index in [-0.39, 0.29) is 0 Å². The van der Waals surface area contributed by atoms with Crippen LogP contribution in [0.3, 0.4) is 0 Å². The summed E-state index contributed by atoms with van der Waals surface area (Å²) in [4.78, 5) is 0. The molecule has 1 aromatic heterocycles. The van der Waals surface area contributed by atoms with E-state index in [0.717, 1.165) is 18.7 Å². The molecule has 0 radical (unpaired) electrons. The molecule has 0 bridgehead atoms. The maximum Gasteiger partial charge on any atom is 0.0818 e. The Morgan fingerprint density at radius 3 is 3.08 bits per heavy atom. The highest BCUT2D eigenvalue weighted by atomic mass is 35.5. The molecule has 13 heavy (non-hydrogen) atoms. The zero-order chi connectivity index (χ0) is 9.68. The van der Waals surface area contributed by atoms with E-state index in [0.29, 0.717) is 18.2 Å². The van der Waals surface area contributed by atoms with Crippen LogP contribution < -0.4 is 5.73 Å². The maximum absolute atomic E-state index is 5.92. The minimum atomic E-state index is 0.582. The standard InChI is InChI=1S/C8H14ClN3O/c1-13-5-4-12-8(2-3-10)7(9)6-11-12/h6H,2-5,10H2,1H3. The Morgan fingerprint density at radius 2 is 2.46 bits per heavy atom. The van der Waals surface area contributed by atoms with E-state index in [2.05, 4.69) is 5.10 Å². The Bertz CT molecular complexity index is 262. The molecule has 0 saturated heterocycles. The van der Waals surface area contributed by atoms with E-state index in [1.807, 2.05) is 4.68 Å². The average Bonchev–Trinajstić information content (AvgIpc) is 2.46. The van der Waals surface area contributed by atoms with Gasteiger partial charge in [0, 0.05) is 13.5 Å². The first kappa shape index (κ1) is 10.5. The molecule has 0 aliphatic heterocycles. The molecule has 0 atom stereocenters. The predicted octanol–water partition coefficient (Wildman–Crippen LogP) is 0.684. The lowest BCUT2D eigenvalue weighted by molar-refractivity contribution is 0.182. The van der Waals surface area contributed by atoms with Gasteiger partial charge in [-0.1, -0.05) is 11.6 Å². The third-order valence-corrected chi connectivity index (χ3v) is 2.10. The summed E-state index contributed by atoms with van der Waals surface area (Å²) in [6.45, 7) is 1.94. The van der Waals surface area contributed by atoms with Crippen LogP contribution in [-0.2, 0) is 17.7 Å². The van der Waals surface area contributed by atoms with E-state index < -0.39 is 0 Å². The number of rotatable bonds is 5. The minimum absolute atomic E-state index is 0.582. The fourth-order valence-electron chi connectivity index (χ4n) is 1.14. The largest absolute Gasteiger partial charge is 0.383 e. The van der Waals surface area contributed by atoms with Gasteiger partial charge < -0.3 is 10.5 Å². The summed E-state index contributed by atoms with van der Waals surface area (Å²) in [5, 5.41) is 4.80. The van der Waals surface area contributed by atoms with Gasteiger partial charge in [0.05, 0.1) is 30.1 Å². The van der Waals surface area contributed by atoms with Gasteiger partial charge in [0.1, 0.15) is 0 Å². The van der Waals surface area contributed by atoms with Crippen LogP contribution in [0, 0.1) is 0 Å². The van der Waals surface area contributed by atoms with Crippen LogP contribution in [-0.4, -0.2) is 30.0 Å². The zero-order valence-corrected chi connectivity index (χ0v) is 8.42. The van der Waals surface area contributed by atoms with Crippen molar-refractivity contribution in [2.75, 3.05) is 20.3 Å². The van der Waals surface area contributed by atoms with Crippen molar-refractivity contribution in [3.05, 3.63) is 16.9 Å². The van der Waals surface area contributed by atoms with Gasteiger partial charge in [-0.15, -0.1) is 0 Å². The monoisotopic (exact) mass is 203 g/mol. The molecule has 5 heteroatoms. The highest BCUT2D eigenvalue weighted by molar-refractivity contribution is 6.31. The van der Waals surface area contributed by atoms with Crippen LogP contribution in [0.2, 0.25) is 5.02 Å². The third kappa shape index (κ3) is 2.69. The van der Waals surface area contributed by atoms with Gasteiger partial charge >= 0.3 is 0 Å². The number of ether oxygens (including phenoxy) is 1. The van der Waals surface area contributed by atoms with E-state index in [1.165, 1.54) is 0 Å². The summed E-state index contributed by atoms with van der Waals surface area (Å²) >= 11 is 5.92. The smallest absolute Gasteiger partial charge is 0.0818 e. The van der Waals surface area contributed by atoms with Gasteiger partial charge in [-0.2, -0.15) is 5.10 Å². The fraction of sp³-hybridized carbons (Fsp3) is 0.625. The normalized spacial score (nSPS) is 10.7. The topological polar surface area (TPSA) is 53.1 Å². The molecule has 0 aliphatic carbocycles. The lowest BCUT2D eigenvalue weighted by Crippen LogP contribution is -2.13. The Labute approximate surface area is 82.6 Å². The maximum atomic E-state index is 5.92. The Hall–Kier alpha value is -0.580. The van der Waals surface area contributed by atoms with Gasteiger partial charge in [-0.3, -0.25) is 4.68 Å². The molecule has 1 aromatic rings. The highest BCUT2D eigenvalue weighted by Gasteiger charge is 2.07. The van der Waals surface area contributed by atoms with Crippen LogP contribution in [0.15, 0.2) is 6.20 Å². The van der Waals surface area contributed by atoms with Crippen LogP contribution >= 0.6 is 11.6 Å². The Morgan fingerprint density at radius 1 is 1.69 bits per heavy atom. The number of nitrogens with zero attached hydrogens (tertiary/aromatic N) is 2. The highest BCUT2D eigenvalue weighted by Crippen LogP contribution is 2.14. The second-order valence-corrected chi connectivity index (χ2v) is 3.10. The molecule has 0 aliphatic rings. The second kappa shape index (κ2) is 5.21. The summed E-state index contributed by atoms with van der Waals surface area (Å²) in [7, 11) is 1.66. The summed E-state index contributed by atoms with van der Waals surface area (Å²) in [5.74, 6) is 0. The number of hydrogen-bond donors (Lipinski definition) is 1. The first-order valence-corrected chi connectivity index (χ1v) is 4.56. The third-order valence-electron chi connectivity index (χ3n) is 1.79. The second-order valence-electron chi connectivity index (χ2n) is 2.69. The van der Waals surface area contributed by atoms with Crippen molar-refractivity contribution >= 4 is 11.6 Å². The van der Waals surface area contributed by atoms with Gasteiger partial charge in [0.15, 0.2) is 0 Å². The van der Waals surface area contributed by atoms with Crippen LogP contribution in [0.5, 0.6) is 0 Å². The van der Waals surface area contributed by atoms with Crippen molar-refractivity contribution in [1.29, 1.82) is 0 Å². The number of aromatic nitrogens is 2. The Balaban J connectivity index is 2.68. The number of methoxy groups -OCH3 is 1. The zero-order valence-electron chi connectivity index (χ0n) is 7.66. The summed E-state index contributed by atoms with van der Waals surface area (Å²) in [6.07, 6.45) is 2.39. The van der Waals surface area contributed by atoms with Crippen LogP contribution in [0.4, 0.5) is 0 Å². The van der Waals surface area contributed by atoms with E-state index >= 15 is 0 Å². The molecule has 0 aromatic carbocycles. The summed E-state index contributed by atoms with van der Waals surface area (Å²) in [6, 6.07) is 0. The first-order chi connectivity index (χ1) is 6.29. The molecule has 0 fully saturated rings. The van der Waals surface area contributed by atoms with Gasteiger partial charge in [-0.25, -0.2) is 0 Å². The van der Waals surface area contributed by atoms with Crippen molar-refractivity contribution in [2.24, 2.45) is 5.73 Å². The number of halogens is 1. The molecule has 4 nitrogen and oxygen atoms in total. The lowest BCUT2D eigenvalue weighted by Gasteiger charge is -2.05. The Kier molecular flexibility index (Phi) is 4.21. The van der Waals surface area contributed by atoms with Crippen LogP contribution in [0.25, 0.3) is 0 Å². The molecular weight excluding hydrogens is 190 g/mol. The van der Waals surface area contributed by atoms with Crippen molar-refractivity contribution in [1.82, 2.24) is 9.78 Å². The van der Waals surface area contributed by atoms with Crippen molar-refractivity contribution in [3.63, 3.8) is 0 Å². The summed E-state index contributed by atoms with van der Waals surface area (Å²) in [5.41, 5.74) is 6.44. The first-order valence-electron chi connectivity index (χ1n) is 4.18. The van der Waals surface area contributed by atoms with Gasteiger partial charge in [0.25, 0.3) is 0 Å².